The third kappa shape index (κ3) is 5.59. The van der Waals surface area contributed by atoms with Gasteiger partial charge in [0.25, 0.3) is 0 Å². The summed E-state index contributed by atoms with van der Waals surface area (Å²) in [6.07, 6.45) is 1.80. The lowest BCUT2D eigenvalue weighted by atomic mass is 10.3. The largest absolute Gasteiger partial charge is 0.497 e. The summed E-state index contributed by atoms with van der Waals surface area (Å²) in [5, 5.41) is 3.15. The Hall–Kier alpha value is -2.80. The van der Waals surface area contributed by atoms with E-state index in [1.807, 2.05) is 47.4 Å². The van der Waals surface area contributed by atoms with Crippen LogP contribution in [0, 0.1) is 0 Å². The van der Waals surface area contributed by atoms with Gasteiger partial charge in [0.1, 0.15) is 23.9 Å². The highest BCUT2D eigenvalue weighted by molar-refractivity contribution is 5.78. The highest BCUT2D eigenvalue weighted by atomic mass is 16.5. The second-order valence-corrected chi connectivity index (χ2v) is 6.26. The predicted octanol–water partition coefficient (Wildman–Crippen LogP) is 1.41. The van der Waals surface area contributed by atoms with Gasteiger partial charge in [-0.1, -0.05) is 6.07 Å². The number of benzene rings is 1. The standard InChI is InChI=1S/C20H26N4O3/c1-26-17-5-7-18(8-6-17)27-15-10-21-16-20(25)24-13-11-23(12-14-24)19-4-2-3-9-22-19/h2-9,21H,10-16H2,1H3. The first-order chi connectivity index (χ1) is 13.3. The number of pyridine rings is 1. The molecule has 0 radical (unpaired) electrons. The maximum absolute atomic E-state index is 12.3. The number of amides is 1. The van der Waals surface area contributed by atoms with E-state index < -0.39 is 0 Å². The maximum Gasteiger partial charge on any atom is 0.236 e. The van der Waals surface area contributed by atoms with E-state index in [0.717, 1.165) is 43.5 Å². The van der Waals surface area contributed by atoms with E-state index in [4.69, 9.17) is 9.47 Å². The van der Waals surface area contributed by atoms with Crippen LogP contribution in [-0.2, 0) is 4.79 Å². The summed E-state index contributed by atoms with van der Waals surface area (Å²) in [6.45, 7) is 4.51. The van der Waals surface area contributed by atoms with Gasteiger partial charge in [0.05, 0.1) is 13.7 Å². The zero-order chi connectivity index (χ0) is 18.9. The Labute approximate surface area is 159 Å². The van der Waals surface area contributed by atoms with Crippen molar-refractivity contribution in [2.45, 2.75) is 0 Å². The fourth-order valence-electron chi connectivity index (χ4n) is 2.95. The summed E-state index contributed by atoms with van der Waals surface area (Å²) in [4.78, 5) is 20.8. The van der Waals surface area contributed by atoms with Crippen LogP contribution in [0.2, 0.25) is 0 Å². The zero-order valence-electron chi connectivity index (χ0n) is 15.6. The first-order valence-electron chi connectivity index (χ1n) is 9.17. The van der Waals surface area contributed by atoms with Crippen molar-refractivity contribution in [1.29, 1.82) is 0 Å². The van der Waals surface area contributed by atoms with Crippen LogP contribution in [0.1, 0.15) is 0 Å². The van der Waals surface area contributed by atoms with E-state index >= 15 is 0 Å². The quantitative estimate of drug-likeness (QED) is 0.709. The van der Waals surface area contributed by atoms with Crippen molar-refractivity contribution in [3.63, 3.8) is 0 Å². The van der Waals surface area contributed by atoms with Crippen LogP contribution in [-0.4, -0.2) is 68.8 Å². The van der Waals surface area contributed by atoms with Gasteiger partial charge in [-0.25, -0.2) is 4.98 Å². The lowest BCUT2D eigenvalue weighted by molar-refractivity contribution is -0.130. The van der Waals surface area contributed by atoms with E-state index in [2.05, 4.69) is 15.2 Å². The second kappa shape index (κ2) is 9.78. The number of methoxy groups -OCH3 is 1. The molecule has 7 nitrogen and oxygen atoms in total. The zero-order valence-corrected chi connectivity index (χ0v) is 15.6. The van der Waals surface area contributed by atoms with Gasteiger partial charge in [-0.3, -0.25) is 4.79 Å². The first kappa shape index (κ1) is 19.0. The van der Waals surface area contributed by atoms with Crippen LogP contribution in [0.3, 0.4) is 0 Å². The van der Waals surface area contributed by atoms with Gasteiger partial charge in [-0.05, 0) is 36.4 Å². The van der Waals surface area contributed by atoms with Crippen molar-refractivity contribution in [3.05, 3.63) is 48.7 Å². The van der Waals surface area contributed by atoms with Gasteiger partial charge in [-0.2, -0.15) is 0 Å². The lowest BCUT2D eigenvalue weighted by Crippen LogP contribution is -2.51. The second-order valence-electron chi connectivity index (χ2n) is 6.26. The van der Waals surface area contributed by atoms with Gasteiger partial charge in [-0.15, -0.1) is 0 Å². The van der Waals surface area contributed by atoms with Crippen molar-refractivity contribution in [2.75, 3.05) is 57.9 Å². The number of carbonyl (C=O) groups excluding carboxylic acids is 1. The van der Waals surface area contributed by atoms with Crippen LogP contribution in [0.4, 0.5) is 5.82 Å². The van der Waals surface area contributed by atoms with Gasteiger partial charge < -0.3 is 24.6 Å². The van der Waals surface area contributed by atoms with E-state index in [-0.39, 0.29) is 5.91 Å². The number of hydrogen-bond donors (Lipinski definition) is 1. The first-order valence-corrected chi connectivity index (χ1v) is 9.17. The SMILES string of the molecule is COc1ccc(OCCNCC(=O)N2CCN(c3ccccn3)CC2)cc1. The molecule has 1 aromatic heterocycles. The minimum atomic E-state index is 0.125. The van der Waals surface area contributed by atoms with Crippen LogP contribution in [0.15, 0.2) is 48.7 Å². The molecule has 1 fully saturated rings. The van der Waals surface area contributed by atoms with E-state index in [1.54, 1.807) is 13.3 Å². The molecule has 1 N–H and O–H groups in total. The van der Waals surface area contributed by atoms with Crippen LogP contribution in [0.25, 0.3) is 0 Å². The lowest BCUT2D eigenvalue weighted by Gasteiger charge is -2.35. The van der Waals surface area contributed by atoms with E-state index in [0.29, 0.717) is 19.7 Å². The molecule has 0 unspecified atom stereocenters. The summed E-state index contributed by atoms with van der Waals surface area (Å²) in [7, 11) is 1.63. The molecule has 1 saturated heterocycles. The molecule has 0 saturated carbocycles. The van der Waals surface area contributed by atoms with Gasteiger partial charge in [0.2, 0.25) is 5.91 Å². The average molecular weight is 370 g/mol. The molecule has 0 bridgehead atoms. The predicted molar refractivity (Wildman–Crippen MR) is 104 cm³/mol. The number of nitrogens with one attached hydrogen (secondary N) is 1. The monoisotopic (exact) mass is 370 g/mol. The van der Waals surface area contributed by atoms with E-state index in [9.17, 15) is 4.79 Å². The minimum Gasteiger partial charge on any atom is -0.497 e. The fraction of sp³-hybridized carbons (Fsp3) is 0.400. The normalized spacial score (nSPS) is 14.1. The highest BCUT2D eigenvalue weighted by Crippen LogP contribution is 2.16. The molecule has 2 aromatic rings. The van der Waals surface area contributed by atoms with Crippen molar-refractivity contribution in [3.8, 4) is 11.5 Å². The summed E-state index contributed by atoms with van der Waals surface area (Å²) in [6, 6.07) is 13.3. The number of aromatic nitrogens is 1. The van der Waals surface area contributed by atoms with Crippen molar-refractivity contribution >= 4 is 11.7 Å². The number of hydrogen-bond acceptors (Lipinski definition) is 6. The number of carbonyl (C=O) groups is 1. The molecular formula is C20H26N4O3. The Morgan fingerprint density at radius 2 is 1.81 bits per heavy atom. The fourth-order valence-corrected chi connectivity index (χ4v) is 2.95. The molecule has 3 rings (SSSR count). The Morgan fingerprint density at radius 3 is 2.48 bits per heavy atom. The molecule has 1 aliphatic rings. The molecule has 0 atom stereocenters. The molecule has 1 amide bonds. The molecule has 144 valence electrons. The average Bonchev–Trinajstić information content (AvgIpc) is 2.74. The molecule has 1 aliphatic heterocycles. The molecule has 0 aliphatic carbocycles. The Morgan fingerprint density at radius 1 is 1.07 bits per heavy atom. The highest BCUT2D eigenvalue weighted by Gasteiger charge is 2.21. The maximum atomic E-state index is 12.3. The van der Waals surface area contributed by atoms with Crippen LogP contribution in [0.5, 0.6) is 11.5 Å². The number of rotatable bonds is 8. The number of nitrogens with zero attached hydrogens (tertiary/aromatic N) is 3. The van der Waals surface area contributed by atoms with E-state index in [1.165, 1.54) is 0 Å². The van der Waals surface area contributed by atoms with Crippen LogP contribution < -0.4 is 19.7 Å². The van der Waals surface area contributed by atoms with Gasteiger partial charge >= 0.3 is 0 Å². The van der Waals surface area contributed by atoms with Gasteiger partial charge in [0.15, 0.2) is 0 Å². The summed E-state index contributed by atoms with van der Waals surface area (Å²) in [5.74, 6) is 2.68. The molecule has 27 heavy (non-hydrogen) atoms. The molecule has 2 heterocycles. The van der Waals surface area contributed by atoms with Crippen molar-refractivity contribution in [2.24, 2.45) is 0 Å². The number of anilines is 1. The smallest absolute Gasteiger partial charge is 0.236 e. The third-order valence-electron chi connectivity index (χ3n) is 4.49. The molecule has 1 aromatic carbocycles. The summed E-state index contributed by atoms with van der Waals surface area (Å²) >= 11 is 0. The molecular weight excluding hydrogens is 344 g/mol. The Balaban J connectivity index is 1.30. The summed E-state index contributed by atoms with van der Waals surface area (Å²) in [5.41, 5.74) is 0. The number of piperazine rings is 1. The molecule has 7 heteroatoms. The third-order valence-corrected chi connectivity index (χ3v) is 4.49. The van der Waals surface area contributed by atoms with Crippen LogP contribution >= 0.6 is 0 Å². The Kier molecular flexibility index (Phi) is 6.87. The number of ether oxygens (including phenoxy) is 2. The van der Waals surface area contributed by atoms with Crippen molar-refractivity contribution < 1.29 is 14.3 Å². The molecule has 0 spiro atoms. The minimum absolute atomic E-state index is 0.125. The van der Waals surface area contributed by atoms with Gasteiger partial charge in [0, 0.05) is 38.9 Å². The topological polar surface area (TPSA) is 66.9 Å². The Bertz CT molecular complexity index is 701. The summed E-state index contributed by atoms with van der Waals surface area (Å²) < 4.78 is 10.8. The van der Waals surface area contributed by atoms with Crippen molar-refractivity contribution in [1.82, 2.24) is 15.2 Å².